The van der Waals surface area contributed by atoms with Gasteiger partial charge in [0.2, 0.25) is 5.96 Å². The number of nitrogens with zero attached hydrogens (tertiary/aromatic N) is 1. The number of nitrogens with one attached hydrogen (secondary N) is 1. The number of nitrogens with two attached hydrogens (primary N) is 1. The number of hydrogen-bond acceptors (Lipinski definition) is 2. The van der Waals surface area contributed by atoms with Crippen molar-refractivity contribution in [3.63, 3.8) is 0 Å². The fourth-order valence-corrected chi connectivity index (χ4v) is 0.485. The van der Waals surface area contributed by atoms with E-state index in [4.69, 9.17) is 10.6 Å². The molecule has 0 bridgehead atoms. The highest BCUT2D eigenvalue weighted by molar-refractivity contribution is 5.76. The van der Waals surface area contributed by atoms with E-state index in [-0.39, 0.29) is 0 Å². The molecule has 0 saturated heterocycles. The summed E-state index contributed by atoms with van der Waals surface area (Å²) in [6.07, 6.45) is 0. The van der Waals surface area contributed by atoms with Crippen LogP contribution in [0.3, 0.4) is 0 Å². The summed E-state index contributed by atoms with van der Waals surface area (Å²) in [6.45, 7) is 7.35. The van der Waals surface area contributed by atoms with Crippen LogP contribution in [0, 0.1) is 5.92 Å². The molecule has 0 aromatic heterocycles. The average molecular weight is 159 g/mol. The molecule has 3 N–H and O–H groups in total. The van der Waals surface area contributed by atoms with Gasteiger partial charge in [-0.1, -0.05) is 13.8 Å². The summed E-state index contributed by atoms with van der Waals surface area (Å²) >= 11 is 0. The Morgan fingerprint density at radius 2 is 2.27 bits per heavy atom. The van der Waals surface area contributed by atoms with Crippen LogP contribution < -0.4 is 11.2 Å². The Bertz CT molecular complexity index is 123. The number of hydrogen-bond donors (Lipinski definition) is 2. The monoisotopic (exact) mass is 159 g/mol. The Morgan fingerprint density at radius 3 is 2.73 bits per heavy atom. The van der Waals surface area contributed by atoms with Gasteiger partial charge in [0.05, 0.1) is 6.61 Å². The molecule has 4 heteroatoms. The van der Waals surface area contributed by atoms with E-state index in [0.29, 0.717) is 25.0 Å². The summed E-state index contributed by atoms with van der Waals surface area (Å²) in [6, 6.07) is 0. The van der Waals surface area contributed by atoms with E-state index in [0.717, 1.165) is 0 Å². The minimum atomic E-state index is 0.341. The lowest BCUT2D eigenvalue weighted by Gasteiger charge is -2.07. The van der Waals surface area contributed by atoms with Crippen LogP contribution in [0.1, 0.15) is 20.8 Å². The normalized spacial score (nSPS) is 12.2. The topological polar surface area (TPSA) is 59.6 Å². The van der Waals surface area contributed by atoms with Crippen LogP contribution in [-0.2, 0) is 4.84 Å². The molecule has 4 nitrogen and oxygen atoms in total. The predicted octanol–water partition coefficient (Wildman–Crippen LogP) is 0.498. The molecule has 0 aliphatic rings. The molecule has 0 aliphatic heterocycles. The van der Waals surface area contributed by atoms with E-state index in [9.17, 15) is 0 Å². The van der Waals surface area contributed by atoms with Crippen LogP contribution in [-0.4, -0.2) is 19.1 Å². The van der Waals surface area contributed by atoms with Gasteiger partial charge in [0.1, 0.15) is 0 Å². The van der Waals surface area contributed by atoms with E-state index in [1.165, 1.54) is 0 Å². The zero-order chi connectivity index (χ0) is 8.69. The molecule has 0 aromatic carbocycles. The maximum Gasteiger partial charge on any atom is 0.213 e. The smallest absolute Gasteiger partial charge is 0.213 e. The maximum absolute atomic E-state index is 5.38. The third-order valence-electron chi connectivity index (χ3n) is 0.922. The highest BCUT2D eigenvalue weighted by atomic mass is 16.6. The summed E-state index contributed by atoms with van der Waals surface area (Å²) in [5, 5.41) is 0. The third kappa shape index (κ3) is 7.12. The molecular formula is C7H17N3O. The standard InChI is InChI=1S/C7H17N3O/c1-4-9-7(8)10-11-5-6(2)3/h6H,4-5H2,1-3H3,(H3,8,9,10). The molecule has 0 radical (unpaired) electrons. The van der Waals surface area contributed by atoms with Gasteiger partial charge in [0, 0.05) is 6.54 Å². The van der Waals surface area contributed by atoms with Crippen molar-refractivity contribution in [2.45, 2.75) is 20.8 Å². The van der Waals surface area contributed by atoms with E-state index in [1.54, 1.807) is 0 Å². The van der Waals surface area contributed by atoms with Crippen LogP contribution in [0.25, 0.3) is 0 Å². The second-order valence-corrected chi connectivity index (χ2v) is 2.67. The Hall–Kier alpha value is -0.770. The molecule has 66 valence electrons. The quantitative estimate of drug-likeness (QED) is 0.357. The number of rotatable bonds is 4. The predicted molar refractivity (Wildman–Crippen MR) is 46.1 cm³/mol. The lowest BCUT2D eigenvalue weighted by molar-refractivity contribution is 0.0632. The zero-order valence-corrected chi connectivity index (χ0v) is 7.42. The molecule has 11 heavy (non-hydrogen) atoms. The zero-order valence-electron chi connectivity index (χ0n) is 7.42. The van der Waals surface area contributed by atoms with E-state index in [1.807, 2.05) is 6.92 Å². The third-order valence-corrected chi connectivity index (χ3v) is 0.922. The molecular weight excluding hydrogens is 142 g/mol. The lowest BCUT2D eigenvalue weighted by atomic mass is 10.2. The van der Waals surface area contributed by atoms with E-state index in [2.05, 4.69) is 24.3 Å². The Kier molecular flexibility index (Phi) is 5.56. The molecule has 0 rings (SSSR count). The van der Waals surface area contributed by atoms with Gasteiger partial charge >= 0.3 is 0 Å². The highest BCUT2D eigenvalue weighted by Gasteiger charge is 1.93. The van der Waals surface area contributed by atoms with Crippen molar-refractivity contribution in [3.8, 4) is 0 Å². The minimum Gasteiger partial charge on any atom is -0.368 e. The Balaban J connectivity index is 3.31. The van der Waals surface area contributed by atoms with E-state index >= 15 is 0 Å². The largest absolute Gasteiger partial charge is 0.368 e. The molecule has 0 heterocycles. The van der Waals surface area contributed by atoms with Crippen molar-refractivity contribution in [2.24, 2.45) is 16.6 Å². The van der Waals surface area contributed by atoms with Crippen LogP contribution in [0.5, 0.6) is 0 Å². The molecule has 0 aromatic rings. The van der Waals surface area contributed by atoms with Crippen molar-refractivity contribution in [1.82, 2.24) is 5.48 Å². The Labute approximate surface area is 67.8 Å². The SMILES string of the molecule is CCN=C(N)NOCC(C)C. The molecule has 0 spiro atoms. The fraction of sp³-hybridized carbons (Fsp3) is 0.857. The van der Waals surface area contributed by atoms with E-state index < -0.39 is 0 Å². The molecule has 0 atom stereocenters. The van der Waals surface area contributed by atoms with Gasteiger partial charge in [0.15, 0.2) is 0 Å². The first kappa shape index (κ1) is 10.2. The van der Waals surface area contributed by atoms with Gasteiger partial charge < -0.3 is 5.73 Å². The van der Waals surface area contributed by atoms with Gasteiger partial charge in [-0.3, -0.25) is 9.83 Å². The van der Waals surface area contributed by atoms with Crippen LogP contribution in [0.15, 0.2) is 4.99 Å². The van der Waals surface area contributed by atoms with Gasteiger partial charge in [-0.05, 0) is 12.8 Å². The molecule has 0 aliphatic carbocycles. The summed E-state index contributed by atoms with van der Waals surface area (Å²) in [7, 11) is 0. The average Bonchev–Trinajstić information content (AvgIpc) is 1.87. The van der Waals surface area contributed by atoms with Gasteiger partial charge in [-0.25, -0.2) is 5.48 Å². The summed E-state index contributed by atoms with van der Waals surface area (Å²) in [5.74, 6) is 0.838. The second kappa shape index (κ2) is 5.97. The van der Waals surface area contributed by atoms with Crippen molar-refractivity contribution in [3.05, 3.63) is 0 Å². The van der Waals surface area contributed by atoms with Crippen molar-refractivity contribution < 1.29 is 4.84 Å². The van der Waals surface area contributed by atoms with Crippen molar-refractivity contribution >= 4 is 5.96 Å². The summed E-state index contributed by atoms with van der Waals surface area (Å²) in [5.41, 5.74) is 7.93. The first-order valence-corrected chi connectivity index (χ1v) is 3.84. The number of aliphatic imine (C=N–C) groups is 1. The second-order valence-electron chi connectivity index (χ2n) is 2.67. The van der Waals surface area contributed by atoms with Crippen LogP contribution in [0.4, 0.5) is 0 Å². The van der Waals surface area contributed by atoms with Gasteiger partial charge in [-0.15, -0.1) is 0 Å². The van der Waals surface area contributed by atoms with Gasteiger partial charge in [-0.2, -0.15) is 0 Å². The molecule has 0 fully saturated rings. The number of hydroxylamine groups is 1. The first-order chi connectivity index (χ1) is 5.16. The molecule has 0 saturated carbocycles. The van der Waals surface area contributed by atoms with Crippen LogP contribution in [0.2, 0.25) is 0 Å². The molecule has 0 amide bonds. The first-order valence-electron chi connectivity index (χ1n) is 3.84. The lowest BCUT2D eigenvalue weighted by Crippen LogP contribution is -2.32. The van der Waals surface area contributed by atoms with Crippen molar-refractivity contribution in [1.29, 1.82) is 0 Å². The van der Waals surface area contributed by atoms with Gasteiger partial charge in [0.25, 0.3) is 0 Å². The van der Waals surface area contributed by atoms with Crippen molar-refractivity contribution in [2.75, 3.05) is 13.2 Å². The Morgan fingerprint density at radius 1 is 1.64 bits per heavy atom. The summed E-state index contributed by atoms with van der Waals surface area (Å²) in [4.78, 5) is 8.88. The van der Waals surface area contributed by atoms with Crippen LogP contribution >= 0.6 is 0 Å². The maximum atomic E-state index is 5.38. The highest BCUT2D eigenvalue weighted by Crippen LogP contribution is 1.88. The fourth-order valence-electron chi connectivity index (χ4n) is 0.485. The molecule has 0 unspecified atom stereocenters. The minimum absolute atomic E-state index is 0.341. The number of guanidine groups is 1. The summed E-state index contributed by atoms with van der Waals surface area (Å²) < 4.78 is 0.